The van der Waals surface area contributed by atoms with Crippen LogP contribution in [-0.2, 0) is 0 Å². The molecule has 0 aliphatic carbocycles. The van der Waals surface area contributed by atoms with Crippen molar-refractivity contribution in [3.63, 3.8) is 0 Å². The molecule has 0 amide bonds. The second kappa shape index (κ2) is 4.97. The zero-order chi connectivity index (χ0) is 8.91. The fourth-order valence-corrected chi connectivity index (χ4v) is 1.74. The summed E-state index contributed by atoms with van der Waals surface area (Å²) >= 11 is 0. The lowest BCUT2D eigenvalue weighted by atomic mass is 10.0. The van der Waals surface area contributed by atoms with Crippen molar-refractivity contribution in [3.05, 3.63) is 0 Å². The fraction of sp³-hybridized carbons (Fsp3) is 1.00. The van der Waals surface area contributed by atoms with Gasteiger partial charge in [-0.1, -0.05) is 59.5 Å². The predicted octanol–water partition coefficient (Wildman–Crippen LogP) is 4.10. The fourth-order valence-electron chi connectivity index (χ4n) is 1.07. The van der Waals surface area contributed by atoms with Crippen LogP contribution in [0.5, 0.6) is 0 Å². The average Bonchev–Trinajstić information content (AvgIpc) is 1.88. The summed E-state index contributed by atoms with van der Waals surface area (Å²) in [6.45, 7) is 12.0. The van der Waals surface area contributed by atoms with E-state index >= 15 is 0 Å². The van der Waals surface area contributed by atoms with Crippen LogP contribution in [0, 0.1) is 0 Å². The van der Waals surface area contributed by atoms with Crippen LogP contribution in [0.25, 0.3) is 0 Å². The zero-order valence-electron chi connectivity index (χ0n) is 8.83. The van der Waals surface area contributed by atoms with Crippen molar-refractivity contribution in [1.82, 2.24) is 0 Å². The van der Waals surface area contributed by atoms with Gasteiger partial charge in [-0.05, 0) is 5.04 Å². The molecule has 0 atom stereocenters. The highest BCUT2D eigenvalue weighted by Gasteiger charge is 2.22. The van der Waals surface area contributed by atoms with Crippen molar-refractivity contribution < 1.29 is 0 Å². The summed E-state index contributed by atoms with van der Waals surface area (Å²) in [5, 5.41) is 0.653. The van der Waals surface area contributed by atoms with Gasteiger partial charge in [-0.3, -0.25) is 0 Å². The van der Waals surface area contributed by atoms with Crippen molar-refractivity contribution in [2.75, 3.05) is 0 Å². The molecule has 0 aliphatic heterocycles. The van der Waals surface area contributed by atoms with Crippen LogP contribution in [0.2, 0.25) is 18.1 Å². The summed E-state index contributed by atoms with van der Waals surface area (Å²) in [6, 6.07) is 0. The van der Waals surface area contributed by atoms with E-state index in [1.54, 1.807) is 0 Å². The summed E-state index contributed by atoms with van der Waals surface area (Å²) < 4.78 is 0. The summed E-state index contributed by atoms with van der Waals surface area (Å²) in [4.78, 5) is 0. The molecule has 11 heavy (non-hydrogen) atoms. The van der Waals surface area contributed by atoms with Crippen molar-refractivity contribution in [3.8, 4) is 0 Å². The van der Waals surface area contributed by atoms with Gasteiger partial charge in [0.15, 0.2) is 0 Å². The molecule has 1 heteroatoms. The van der Waals surface area contributed by atoms with E-state index in [0.29, 0.717) is 5.04 Å². The average molecular weight is 171 g/mol. The van der Waals surface area contributed by atoms with Gasteiger partial charge in [-0.15, -0.1) is 0 Å². The Labute approximate surface area is 74.0 Å². The lowest BCUT2D eigenvalue weighted by molar-refractivity contribution is 0.542. The third kappa shape index (κ3) is 4.62. The third-order valence-electron chi connectivity index (χ3n) is 2.76. The summed E-state index contributed by atoms with van der Waals surface area (Å²) in [5.74, 6) is 0. The lowest BCUT2D eigenvalue weighted by Gasteiger charge is -2.27. The Bertz CT molecular complexity index is 95.0. The molecule has 0 heterocycles. The molecule has 0 rings (SSSR count). The highest BCUT2D eigenvalue weighted by molar-refractivity contribution is 6.59. The van der Waals surface area contributed by atoms with Crippen LogP contribution in [0.1, 0.15) is 46.5 Å². The van der Waals surface area contributed by atoms with Crippen molar-refractivity contribution in [2.24, 2.45) is 0 Å². The highest BCUT2D eigenvalue weighted by atomic mass is 28.3. The van der Waals surface area contributed by atoms with Gasteiger partial charge >= 0.3 is 0 Å². The first-order valence-electron chi connectivity index (χ1n) is 4.81. The number of hydrogen-bond acceptors (Lipinski definition) is 0. The highest BCUT2D eigenvalue weighted by Crippen LogP contribution is 2.34. The Morgan fingerprint density at radius 3 is 2.00 bits per heavy atom. The molecule has 0 aromatic heterocycles. The van der Waals surface area contributed by atoms with E-state index in [2.05, 4.69) is 33.9 Å². The maximum atomic E-state index is 2.43. The van der Waals surface area contributed by atoms with Gasteiger partial charge in [0.05, 0.1) is 0 Å². The molecule has 0 aromatic rings. The van der Waals surface area contributed by atoms with Crippen molar-refractivity contribution in [1.29, 1.82) is 0 Å². The van der Waals surface area contributed by atoms with Crippen LogP contribution < -0.4 is 0 Å². The molecule has 0 spiro atoms. The van der Waals surface area contributed by atoms with Gasteiger partial charge in [0.2, 0.25) is 0 Å². The molecule has 0 unspecified atom stereocenters. The minimum absolute atomic E-state index is 0.0913. The maximum absolute atomic E-state index is 2.43. The third-order valence-corrected chi connectivity index (χ3v) is 5.72. The Kier molecular flexibility index (Phi) is 5.07. The van der Waals surface area contributed by atoms with Crippen LogP contribution in [0.4, 0.5) is 0 Å². The van der Waals surface area contributed by atoms with E-state index < -0.39 is 0 Å². The van der Waals surface area contributed by atoms with E-state index in [4.69, 9.17) is 0 Å². The summed E-state index contributed by atoms with van der Waals surface area (Å²) in [5.41, 5.74) is 0. The normalized spacial score (nSPS) is 12.5. The second-order valence-electron chi connectivity index (χ2n) is 4.34. The van der Waals surface area contributed by atoms with Gasteiger partial charge in [0, 0.05) is 8.80 Å². The molecule has 0 saturated heterocycles. The molecule has 67 valence electrons. The van der Waals surface area contributed by atoms with Crippen molar-refractivity contribution >= 4 is 8.80 Å². The van der Waals surface area contributed by atoms with E-state index in [1.165, 1.54) is 25.7 Å². The molecule has 0 bridgehead atoms. The van der Waals surface area contributed by atoms with Gasteiger partial charge in [0.25, 0.3) is 0 Å². The first-order valence-corrected chi connectivity index (χ1v) is 7.31. The van der Waals surface area contributed by atoms with Gasteiger partial charge < -0.3 is 0 Å². The molecule has 0 fully saturated rings. The Morgan fingerprint density at radius 2 is 1.64 bits per heavy atom. The predicted molar refractivity (Wildman–Crippen MR) is 55.7 cm³/mol. The molecule has 0 aromatic carbocycles. The van der Waals surface area contributed by atoms with Gasteiger partial charge in [0.1, 0.15) is 0 Å². The maximum Gasteiger partial charge on any atom is 0.0473 e. The first-order chi connectivity index (χ1) is 5.00. The molecule has 0 aliphatic rings. The van der Waals surface area contributed by atoms with E-state index in [9.17, 15) is 0 Å². The standard InChI is InChI=1S/C10H23Si/c1-6-7-8-9-10(2,3)11(4)5/h6-9H2,1-5H3. The van der Waals surface area contributed by atoms with E-state index in [1.807, 2.05) is 0 Å². The summed E-state index contributed by atoms with van der Waals surface area (Å²) in [6.07, 6.45) is 5.63. The lowest BCUT2D eigenvalue weighted by Crippen LogP contribution is -2.20. The molecule has 0 saturated carbocycles. The van der Waals surface area contributed by atoms with Gasteiger partial charge in [-0.25, -0.2) is 0 Å². The van der Waals surface area contributed by atoms with Crippen LogP contribution in [0.3, 0.4) is 0 Å². The molecule has 0 N–H and O–H groups in total. The largest absolute Gasteiger partial charge is 0.0709 e. The van der Waals surface area contributed by atoms with Gasteiger partial charge in [-0.2, -0.15) is 0 Å². The molecule has 1 radical (unpaired) electrons. The quantitative estimate of drug-likeness (QED) is 0.431. The van der Waals surface area contributed by atoms with E-state index in [0.717, 1.165) is 0 Å². The smallest absolute Gasteiger partial charge is 0.0473 e. The van der Waals surface area contributed by atoms with Crippen LogP contribution >= 0.6 is 0 Å². The SMILES string of the molecule is CCCCCC(C)(C)[Si](C)C. The van der Waals surface area contributed by atoms with E-state index in [-0.39, 0.29) is 8.80 Å². The molecular formula is C10H23Si. The van der Waals surface area contributed by atoms with Crippen LogP contribution in [-0.4, -0.2) is 8.80 Å². The van der Waals surface area contributed by atoms with Crippen molar-refractivity contribution in [2.45, 2.75) is 64.6 Å². The minimum Gasteiger partial charge on any atom is -0.0709 e. The topological polar surface area (TPSA) is 0 Å². The number of rotatable bonds is 5. The number of unbranched alkanes of at least 4 members (excludes halogenated alkanes) is 2. The Balaban J connectivity index is 3.55. The van der Waals surface area contributed by atoms with Crippen LogP contribution in [0.15, 0.2) is 0 Å². The molecular weight excluding hydrogens is 148 g/mol. The second-order valence-corrected chi connectivity index (χ2v) is 7.69. The minimum atomic E-state index is -0.0913. The zero-order valence-corrected chi connectivity index (χ0v) is 9.83. The summed E-state index contributed by atoms with van der Waals surface area (Å²) in [7, 11) is -0.0913. The Hall–Kier alpha value is 0.217. The monoisotopic (exact) mass is 171 g/mol. The number of hydrogen-bond donors (Lipinski definition) is 0. The first kappa shape index (κ1) is 11.2. The Morgan fingerprint density at radius 1 is 1.09 bits per heavy atom. The molecule has 0 nitrogen and oxygen atoms in total.